The summed E-state index contributed by atoms with van der Waals surface area (Å²) >= 11 is 0. The number of nitrogens with one attached hydrogen (secondary N) is 1. The molecule has 7 heavy (non-hydrogen) atoms. The number of nitrogens with zero attached hydrogens (tertiary/aromatic N) is 1. The maximum absolute atomic E-state index is 10.4. The lowest BCUT2D eigenvalue weighted by atomic mass is 10.7. The van der Waals surface area contributed by atoms with Crippen molar-refractivity contribution in [2.75, 3.05) is 0 Å². The highest BCUT2D eigenvalue weighted by Gasteiger charge is 2.00. The van der Waals surface area contributed by atoms with Crippen LogP contribution < -0.4 is 5.06 Å². The predicted molar refractivity (Wildman–Crippen MR) is 26.6 cm³/mol. The molecule has 0 aromatic rings. The quantitative estimate of drug-likeness (QED) is 0.399. The Morgan fingerprint density at radius 3 is 2.71 bits per heavy atom. The minimum absolute atomic E-state index is 0.0278. The van der Waals surface area contributed by atoms with Gasteiger partial charge >= 0.3 is 0 Å². The first-order valence-corrected chi connectivity index (χ1v) is 2.06. The fourth-order valence-electron chi connectivity index (χ4n) is 0.401. The van der Waals surface area contributed by atoms with Gasteiger partial charge in [-0.05, 0) is 0 Å². The van der Waals surface area contributed by atoms with Crippen LogP contribution in [0.25, 0.3) is 0 Å². The van der Waals surface area contributed by atoms with Gasteiger partial charge in [0.05, 0.1) is 6.20 Å². The number of amidine groups is 1. The first-order valence-electron chi connectivity index (χ1n) is 2.06. The van der Waals surface area contributed by atoms with Gasteiger partial charge < -0.3 is 10.3 Å². The smallest absolute Gasteiger partial charge is 0.202 e. The molecule has 38 valence electrons. The summed E-state index contributed by atoms with van der Waals surface area (Å²) in [5, 5.41) is 10.4. The van der Waals surface area contributed by atoms with Crippen LogP contribution in [0.5, 0.6) is 0 Å². The van der Waals surface area contributed by atoms with E-state index >= 15 is 0 Å². The van der Waals surface area contributed by atoms with E-state index in [1.54, 1.807) is 6.92 Å². The molecule has 1 N–H and O–H groups in total. The van der Waals surface area contributed by atoms with Crippen molar-refractivity contribution in [2.45, 2.75) is 6.92 Å². The third-order valence-corrected chi connectivity index (χ3v) is 0.851. The average Bonchev–Trinajstić information content (AvgIpc) is 1.91. The van der Waals surface area contributed by atoms with Crippen molar-refractivity contribution in [1.82, 2.24) is 0 Å². The van der Waals surface area contributed by atoms with E-state index in [0.29, 0.717) is 5.84 Å². The molecule has 1 aliphatic heterocycles. The summed E-state index contributed by atoms with van der Waals surface area (Å²) in [5.74, 6) is 0.583. The zero-order valence-corrected chi connectivity index (χ0v) is 4.01. The molecular formula is C4H6N2O. The third-order valence-electron chi connectivity index (χ3n) is 0.851. The van der Waals surface area contributed by atoms with Crippen LogP contribution in [0, 0.1) is 5.21 Å². The summed E-state index contributed by atoms with van der Waals surface area (Å²) < 4.78 is 0. The van der Waals surface area contributed by atoms with E-state index in [1.165, 1.54) is 12.4 Å². The maximum atomic E-state index is 10.4. The number of quaternary nitrogens is 1. The van der Waals surface area contributed by atoms with Crippen LogP contribution in [0.3, 0.4) is 0 Å². The van der Waals surface area contributed by atoms with Crippen LogP contribution in [-0.2, 0) is 0 Å². The third kappa shape index (κ3) is 0.679. The Morgan fingerprint density at radius 2 is 2.57 bits per heavy atom. The Hall–Kier alpha value is -0.670. The second kappa shape index (κ2) is 1.44. The fourth-order valence-corrected chi connectivity index (χ4v) is 0.401. The monoisotopic (exact) mass is 98.0 g/mol. The van der Waals surface area contributed by atoms with Gasteiger partial charge in [0.15, 0.2) is 0 Å². The molecule has 1 heterocycles. The maximum Gasteiger partial charge on any atom is 0.202 e. The summed E-state index contributed by atoms with van der Waals surface area (Å²) in [5.41, 5.74) is 0. The van der Waals surface area contributed by atoms with Crippen LogP contribution in [0.1, 0.15) is 6.92 Å². The topological polar surface area (TPSA) is 39.9 Å². The van der Waals surface area contributed by atoms with Crippen molar-refractivity contribution in [1.29, 1.82) is 0 Å². The molecule has 1 unspecified atom stereocenters. The van der Waals surface area contributed by atoms with Gasteiger partial charge in [-0.25, -0.2) is 4.99 Å². The molecule has 0 spiro atoms. The Balaban J connectivity index is 2.69. The first-order chi connectivity index (χ1) is 3.30. The second-order valence-corrected chi connectivity index (χ2v) is 1.39. The van der Waals surface area contributed by atoms with Crippen LogP contribution >= 0.6 is 0 Å². The van der Waals surface area contributed by atoms with Gasteiger partial charge in [-0.2, -0.15) is 0 Å². The number of hydrogen-bond acceptors (Lipinski definition) is 2. The number of aliphatic imine (C=N–C) groups is 1. The number of rotatable bonds is 0. The van der Waals surface area contributed by atoms with Gasteiger partial charge in [-0.3, -0.25) is 0 Å². The lowest BCUT2D eigenvalue weighted by Crippen LogP contribution is -3.03. The lowest BCUT2D eigenvalue weighted by Gasteiger charge is -2.09. The van der Waals surface area contributed by atoms with E-state index in [4.69, 9.17) is 0 Å². The molecule has 0 aromatic carbocycles. The summed E-state index contributed by atoms with van der Waals surface area (Å²) in [4.78, 5) is 3.70. The highest BCUT2D eigenvalue weighted by molar-refractivity contribution is 5.72. The fraction of sp³-hybridized carbons (Fsp3) is 0.250. The van der Waals surface area contributed by atoms with E-state index in [0.717, 1.165) is 0 Å². The Kier molecular flexibility index (Phi) is 0.923. The Labute approximate surface area is 41.5 Å². The summed E-state index contributed by atoms with van der Waals surface area (Å²) in [6, 6.07) is 0. The molecule has 0 saturated heterocycles. The molecule has 0 radical (unpaired) electrons. The molecule has 1 aliphatic rings. The molecule has 0 aliphatic carbocycles. The van der Waals surface area contributed by atoms with Gasteiger partial charge in [-0.15, -0.1) is 0 Å². The zero-order valence-electron chi connectivity index (χ0n) is 4.01. The predicted octanol–water partition coefficient (Wildman–Crippen LogP) is -0.728. The zero-order chi connectivity index (χ0) is 5.28. The SMILES string of the molecule is CC1=NC=C[NH+]1[O-]. The molecule has 3 nitrogen and oxygen atoms in total. The Morgan fingerprint density at radius 1 is 1.86 bits per heavy atom. The van der Waals surface area contributed by atoms with Crippen LogP contribution in [0.4, 0.5) is 0 Å². The largest absolute Gasteiger partial charge is 0.623 e. The van der Waals surface area contributed by atoms with Crippen molar-refractivity contribution in [2.24, 2.45) is 4.99 Å². The average molecular weight is 98.1 g/mol. The van der Waals surface area contributed by atoms with E-state index in [-0.39, 0.29) is 5.06 Å². The summed E-state index contributed by atoms with van der Waals surface area (Å²) in [6.45, 7) is 1.70. The first kappa shape index (κ1) is 4.49. The van der Waals surface area contributed by atoms with E-state index in [2.05, 4.69) is 4.99 Å². The van der Waals surface area contributed by atoms with Gasteiger partial charge in [-0.1, -0.05) is 0 Å². The van der Waals surface area contributed by atoms with Gasteiger partial charge in [0.25, 0.3) is 0 Å². The number of hydrogen-bond donors (Lipinski definition) is 1. The van der Waals surface area contributed by atoms with E-state index in [9.17, 15) is 5.21 Å². The molecule has 0 fully saturated rings. The molecule has 0 aromatic heterocycles. The molecule has 3 heteroatoms. The standard InChI is InChI=1S/C4H6N2O/c1-4-5-2-3-6(4)7/h2-3,6H,1H3. The molecular weight excluding hydrogens is 92.1 g/mol. The van der Waals surface area contributed by atoms with Crippen molar-refractivity contribution < 1.29 is 5.06 Å². The molecule has 0 amide bonds. The molecule has 0 saturated carbocycles. The summed E-state index contributed by atoms with van der Waals surface area (Å²) in [7, 11) is 0. The summed E-state index contributed by atoms with van der Waals surface area (Å²) in [6.07, 6.45) is 2.97. The van der Waals surface area contributed by atoms with Crippen LogP contribution in [0.2, 0.25) is 0 Å². The van der Waals surface area contributed by atoms with Crippen molar-refractivity contribution >= 4 is 5.84 Å². The van der Waals surface area contributed by atoms with Gasteiger partial charge in [0.2, 0.25) is 5.84 Å². The van der Waals surface area contributed by atoms with Crippen LogP contribution in [0.15, 0.2) is 17.4 Å². The van der Waals surface area contributed by atoms with Crippen molar-refractivity contribution in [3.8, 4) is 0 Å². The van der Waals surface area contributed by atoms with E-state index < -0.39 is 0 Å². The lowest BCUT2D eigenvalue weighted by molar-refractivity contribution is -0.681. The highest BCUT2D eigenvalue weighted by atomic mass is 16.5. The Bertz CT molecular complexity index is 128. The van der Waals surface area contributed by atoms with Crippen molar-refractivity contribution in [3.05, 3.63) is 17.6 Å². The van der Waals surface area contributed by atoms with Crippen LogP contribution in [-0.4, -0.2) is 5.84 Å². The molecule has 0 bridgehead atoms. The minimum atomic E-state index is 0.0278. The number of hydroxylamine groups is 2. The normalized spacial score (nSPS) is 28.3. The minimum Gasteiger partial charge on any atom is -0.623 e. The molecule has 1 atom stereocenters. The second-order valence-electron chi connectivity index (χ2n) is 1.39. The highest BCUT2D eigenvalue weighted by Crippen LogP contribution is 1.76. The van der Waals surface area contributed by atoms with Gasteiger partial charge in [0, 0.05) is 6.92 Å². The van der Waals surface area contributed by atoms with Gasteiger partial charge in [0.1, 0.15) is 6.20 Å². The van der Waals surface area contributed by atoms with Crippen molar-refractivity contribution in [3.63, 3.8) is 0 Å². The molecule has 1 rings (SSSR count). The van der Waals surface area contributed by atoms with E-state index in [1.807, 2.05) is 0 Å².